The second kappa shape index (κ2) is 7.07. The van der Waals surface area contributed by atoms with Crippen LogP contribution in [0, 0.1) is 6.92 Å². The van der Waals surface area contributed by atoms with E-state index in [0.29, 0.717) is 38.5 Å². The average Bonchev–Trinajstić information content (AvgIpc) is 2.97. The van der Waals surface area contributed by atoms with Gasteiger partial charge in [0.05, 0.1) is 17.5 Å². The molecular formula is C20H21N3O3. The van der Waals surface area contributed by atoms with E-state index < -0.39 is 0 Å². The summed E-state index contributed by atoms with van der Waals surface area (Å²) < 4.78 is 13.2. The number of para-hydroxylation sites is 2. The number of aromatic nitrogens is 2. The molecule has 1 aromatic heterocycles. The van der Waals surface area contributed by atoms with Crippen molar-refractivity contribution in [1.82, 2.24) is 14.9 Å². The van der Waals surface area contributed by atoms with Crippen molar-refractivity contribution in [2.75, 3.05) is 19.8 Å². The van der Waals surface area contributed by atoms with Gasteiger partial charge in [-0.3, -0.25) is 4.79 Å². The molecule has 2 aromatic carbocycles. The smallest absolute Gasteiger partial charge is 0.224 e. The Morgan fingerprint density at radius 1 is 1.15 bits per heavy atom. The molecule has 0 unspecified atom stereocenters. The zero-order valence-electron chi connectivity index (χ0n) is 14.7. The van der Waals surface area contributed by atoms with Crippen LogP contribution in [0.4, 0.5) is 0 Å². The highest BCUT2D eigenvalue weighted by Crippen LogP contribution is 2.30. The number of hydrogen-bond donors (Lipinski definition) is 1. The number of aryl methyl sites for hydroxylation is 1. The second-order valence-corrected chi connectivity index (χ2v) is 6.30. The van der Waals surface area contributed by atoms with Gasteiger partial charge in [0.15, 0.2) is 11.5 Å². The number of nitrogens with one attached hydrogen (secondary N) is 1. The maximum atomic E-state index is 12.2. The summed E-state index contributed by atoms with van der Waals surface area (Å²) in [7, 11) is 0. The third-order valence-corrected chi connectivity index (χ3v) is 4.47. The van der Waals surface area contributed by atoms with E-state index in [1.807, 2.05) is 49.4 Å². The standard InChI is InChI=1S/C20H21N3O3/c1-14-22-16-4-2-3-5-17(16)23(14)9-8-21-20(24)13-15-6-7-18-19(12-15)26-11-10-25-18/h2-7,12H,8-11,13H2,1H3,(H,21,24). The molecule has 26 heavy (non-hydrogen) atoms. The number of imidazole rings is 1. The predicted octanol–water partition coefficient (Wildman–Crippen LogP) is 2.47. The molecular weight excluding hydrogens is 330 g/mol. The molecule has 0 aliphatic carbocycles. The number of hydrogen-bond acceptors (Lipinski definition) is 4. The Bertz CT molecular complexity index is 949. The topological polar surface area (TPSA) is 65.4 Å². The van der Waals surface area contributed by atoms with Crippen molar-refractivity contribution in [3.05, 3.63) is 53.9 Å². The van der Waals surface area contributed by atoms with Crippen LogP contribution in [0.1, 0.15) is 11.4 Å². The number of rotatable bonds is 5. The van der Waals surface area contributed by atoms with Crippen LogP contribution in [-0.4, -0.2) is 35.2 Å². The fourth-order valence-corrected chi connectivity index (χ4v) is 3.23. The molecule has 6 nitrogen and oxygen atoms in total. The van der Waals surface area contributed by atoms with Crippen molar-refractivity contribution in [2.24, 2.45) is 0 Å². The van der Waals surface area contributed by atoms with Gasteiger partial charge < -0.3 is 19.4 Å². The lowest BCUT2D eigenvalue weighted by molar-refractivity contribution is -0.120. The molecule has 1 aliphatic rings. The molecule has 0 bridgehead atoms. The zero-order chi connectivity index (χ0) is 17.9. The highest BCUT2D eigenvalue weighted by Gasteiger charge is 2.13. The largest absolute Gasteiger partial charge is 0.486 e. The third-order valence-electron chi connectivity index (χ3n) is 4.47. The van der Waals surface area contributed by atoms with E-state index in [0.717, 1.165) is 28.2 Å². The van der Waals surface area contributed by atoms with Gasteiger partial charge in [0.1, 0.15) is 19.0 Å². The van der Waals surface area contributed by atoms with E-state index >= 15 is 0 Å². The van der Waals surface area contributed by atoms with Crippen molar-refractivity contribution in [1.29, 1.82) is 0 Å². The van der Waals surface area contributed by atoms with Crippen molar-refractivity contribution >= 4 is 16.9 Å². The number of carbonyl (C=O) groups is 1. The first-order chi connectivity index (χ1) is 12.7. The fourth-order valence-electron chi connectivity index (χ4n) is 3.23. The van der Waals surface area contributed by atoms with Crippen LogP contribution < -0.4 is 14.8 Å². The summed E-state index contributed by atoms with van der Waals surface area (Å²) >= 11 is 0. The quantitative estimate of drug-likeness (QED) is 0.767. The summed E-state index contributed by atoms with van der Waals surface area (Å²) in [5.74, 6) is 2.39. The van der Waals surface area contributed by atoms with Crippen LogP contribution in [0.15, 0.2) is 42.5 Å². The highest BCUT2D eigenvalue weighted by molar-refractivity contribution is 5.79. The number of nitrogens with zero attached hydrogens (tertiary/aromatic N) is 2. The van der Waals surface area contributed by atoms with Gasteiger partial charge in [-0.1, -0.05) is 18.2 Å². The van der Waals surface area contributed by atoms with Gasteiger partial charge in [0, 0.05) is 13.1 Å². The van der Waals surface area contributed by atoms with Gasteiger partial charge in [-0.15, -0.1) is 0 Å². The summed E-state index contributed by atoms with van der Waals surface area (Å²) in [6.45, 7) is 4.34. The van der Waals surface area contributed by atoms with E-state index in [4.69, 9.17) is 9.47 Å². The number of benzene rings is 2. The van der Waals surface area contributed by atoms with Crippen LogP contribution >= 0.6 is 0 Å². The number of amides is 1. The van der Waals surface area contributed by atoms with E-state index in [1.165, 1.54) is 0 Å². The van der Waals surface area contributed by atoms with Crippen LogP contribution in [0.3, 0.4) is 0 Å². The minimum Gasteiger partial charge on any atom is -0.486 e. The first-order valence-corrected chi connectivity index (χ1v) is 8.78. The second-order valence-electron chi connectivity index (χ2n) is 6.30. The highest BCUT2D eigenvalue weighted by atomic mass is 16.6. The Morgan fingerprint density at radius 3 is 2.85 bits per heavy atom. The van der Waals surface area contributed by atoms with E-state index in [1.54, 1.807) is 0 Å². The van der Waals surface area contributed by atoms with Crippen molar-refractivity contribution in [2.45, 2.75) is 19.9 Å². The lowest BCUT2D eigenvalue weighted by Gasteiger charge is -2.18. The molecule has 0 saturated carbocycles. The minimum absolute atomic E-state index is 0.0104. The zero-order valence-corrected chi connectivity index (χ0v) is 14.7. The van der Waals surface area contributed by atoms with E-state index in [-0.39, 0.29) is 5.91 Å². The van der Waals surface area contributed by atoms with Gasteiger partial charge in [-0.05, 0) is 36.8 Å². The molecule has 2 heterocycles. The van der Waals surface area contributed by atoms with Crippen molar-refractivity contribution < 1.29 is 14.3 Å². The van der Waals surface area contributed by atoms with Gasteiger partial charge in [-0.2, -0.15) is 0 Å². The summed E-state index contributed by atoms with van der Waals surface area (Å²) in [6.07, 6.45) is 0.320. The summed E-state index contributed by atoms with van der Waals surface area (Å²) in [6, 6.07) is 13.7. The SMILES string of the molecule is Cc1nc2ccccc2n1CCNC(=O)Cc1ccc2c(c1)OCCO2. The normalized spacial score (nSPS) is 13.0. The molecule has 0 spiro atoms. The molecule has 1 N–H and O–H groups in total. The van der Waals surface area contributed by atoms with Crippen molar-refractivity contribution in [3.63, 3.8) is 0 Å². The van der Waals surface area contributed by atoms with Crippen LogP contribution in [0.5, 0.6) is 11.5 Å². The molecule has 4 rings (SSSR count). The summed E-state index contributed by atoms with van der Waals surface area (Å²) in [4.78, 5) is 16.8. The predicted molar refractivity (Wildman–Crippen MR) is 98.6 cm³/mol. The molecule has 0 saturated heterocycles. The Labute approximate surface area is 151 Å². The Hall–Kier alpha value is -3.02. The van der Waals surface area contributed by atoms with Crippen LogP contribution in [-0.2, 0) is 17.8 Å². The molecule has 1 amide bonds. The third kappa shape index (κ3) is 3.35. The molecule has 1 aliphatic heterocycles. The van der Waals surface area contributed by atoms with Crippen LogP contribution in [0.2, 0.25) is 0 Å². The Kier molecular flexibility index (Phi) is 4.48. The lowest BCUT2D eigenvalue weighted by Crippen LogP contribution is -2.28. The van der Waals surface area contributed by atoms with E-state index in [9.17, 15) is 4.79 Å². The van der Waals surface area contributed by atoms with Crippen molar-refractivity contribution in [3.8, 4) is 11.5 Å². The number of carbonyl (C=O) groups excluding carboxylic acids is 1. The molecule has 134 valence electrons. The van der Waals surface area contributed by atoms with Gasteiger partial charge in [0.25, 0.3) is 0 Å². The van der Waals surface area contributed by atoms with E-state index in [2.05, 4.69) is 14.9 Å². The first-order valence-electron chi connectivity index (χ1n) is 8.78. The number of fused-ring (bicyclic) bond motifs is 2. The summed E-state index contributed by atoms with van der Waals surface area (Å²) in [5, 5.41) is 2.98. The average molecular weight is 351 g/mol. The van der Waals surface area contributed by atoms with Gasteiger partial charge in [-0.25, -0.2) is 4.98 Å². The maximum absolute atomic E-state index is 12.2. The molecule has 0 radical (unpaired) electrons. The maximum Gasteiger partial charge on any atom is 0.224 e. The first kappa shape index (κ1) is 16.4. The Morgan fingerprint density at radius 2 is 1.96 bits per heavy atom. The Balaban J connectivity index is 1.35. The molecule has 0 fully saturated rings. The number of ether oxygens (including phenoxy) is 2. The molecule has 6 heteroatoms. The summed E-state index contributed by atoms with van der Waals surface area (Å²) in [5.41, 5.74) is 2.98. The van der Waals surface area contributed by atoms with Gasteiger partial charge >= 0.3 is 0 Å². The monoisotopic (exact) mass is 351 g/mol. The molecule has 0 atom stereocenters. The van der Waals surface area contributed by atoms with Gasteiger partial charge in [0.2, 0.25) is 5.91 Å². The minimum atomic E-state index is -0.0104. The fraction of sp³-hybridized carbons (Fsp3) is 0.300. The lowest BCUT2D eigenvalue weighted by atomic mass is 10.1. The van der Waals surface area contributed by atoms with Crippen LogP contribution in [0.25, 0.3) is 11.0 Å². The molecule has 3 aromatic rings.